The molecule has 0 saturated carbocycles. The normalized spacial score (nSPS) is 11.9. The number of hydrogen-bond acceptors (Lipinski definition) is 5. The van der Waals surface area contributed by atoms with E-state index in [1.54, 1.807) is 32.0 Å². The summed E-state index contributed by atoms with van der Waals surface area (Å²) in [6.45, 7) is 3.55. The minimum absolute atomic E-state index is 0.252. The quantitative estimate of drug-likeness (QED) is 0.803. The summed E-state index contributed by atoms with van der Waals surface area (Å²) in [7, 11) is -3.15. The van der Waals surface area contributed by atoms with Gasteiger partial charge in [-0.05, 0) is 32.0 Å². The molecule has 0 aromatic heterocycles. The van der Waals surface area contributed by atoms with Gasteiger partial charge >= 0.3 is 0 Å². The van der Waals surface area contributed by atoms with E-state index in [-0.39, 0.29) is 6.54 Å². The number of benzene rings is 1. The van der Waals surface area contributed by atoms with Crippen molar-refractivity contribution in [2.45, 2.75) is 18.6 Å². The smallest absolute Gasteiger partial charge is 0.154 e. The van der Waals surface area contributed by atoms with E-state index in [0.717, 1.165) is 0 Å². The van der Waals surface area contributed by atoms with Gasteiger partial charge in [0.25, 0.3) is 0 Å². The maximum atomic E-state index is 11.5. The third-order valence-corrected chi connectivity index (χ3v) is 5.04. The van der Waals surface area contributed by atoms with E-state index >= 15 is 0 Å². The first-order chi connectivity index (χ1) is 8.17. The third kappa shape index (κ3) is 3.14. The lowest BCUT2D eigenvalue weighted by molar-refractivity contribution is 0.560. The fourth-order valence-corrected chi connectivity index (χ4v) is 1.57. The van der Waals surface area contributed by atoms with Crippen LogP contribution in [0.1, 0.15) is 19.4 Å². The summed E-state index contributed by atoms with van der Waals surface area (Å²) < 4.78 is 22.2. The van der Waals surface area contributed by atoms with Crippen molar-refractivity contribution in [1.29, 1.82) is 5.26 Å². The predicted octanol–water partition coefficient (Wildman–Crippen LogP) is 1.38. The van der Waals surface area contributed by atoms with Gasteiger partial charge in [-0.1, -0.05) is 0 Å². The summed E-state index contributed by atoms with van der Waals surface area (Å²) in [4.78, 5) is 0. The Morgan fingerprint density at radius 2 is 2.06 bits per heavy atom. The van der Waals surface area contributed by atoms with E-state index in [9.17, 15) is 8.42 Å². The van der Waals surface area contributed by atoms with Crippen molar-refractivity contribution < 1.29 is 8.42 Å². The van der Waals surface area contributed by atoms with Crippen LogP contribution in [0.15, 0.2) is 18.2 Å². The minimum atomic E-state index is -3.15. The van der Waals surface area contributed by atoms with Gasteiger partial charge < -0.3 is 11.1 Å². The second-order valence-electron chi connectivity index (χ2n) is 4.80. The summed E-state index contributed by atoms with van der Waals surface area (Å²) >= 11 is 0. The number of nitrogens with zero attached hydrogens (tertiary/aromatic N) is 1. The summed E-state index contributed by atoms with van der Waals surface area (Å²) in [6, 6.07) is 6.84. The fraction of sp³-hybridized carbons (Fsp3) is 0.417. The first-order valence-electron chi connectivity index (χ1n) is 5.40. The molecule has 0 atom stereocenters. The first-order valence-corrected chi connectivity index (χ1v) is 7.29. The molecule has 5 nitrogen and oxygen atoms in total. The van der Waals surface area contributed by atoms with Crippen LogP contribution in [-0.4, -0.2) is 26.0 Å². The molecule has 98 valence electrons. The molecule has 0 bridgehead atoms. The number of rotatable bonds is 4. The fourth-order valence-electron chi connectivity index (χ4n) is 1.23. The average Bonchev–Trinajstić information content (AvgIpc) is 2.25. The average molecular weight is 267 g/mol. The van der Waals surface area contributed by atoms with Crippen LogP contribution in [0.5, 0.6) is 0 Å². The van der Waals surface area contributed by atoms with Gasteiger partial charge in [0.15, 0.2) is 9.84 Å². The topological polar surface area (TPSA) is 96.0 Å². The number of nitriles is 1. The predicted molar refractivity (Wildman–Crippen MR) is 73.0 cm³/mol. The Hall–Kier alpha value is -1.74. The lowest BCUT2D eigenvalue weighted by Gasteiger charge is -2.23. The molecule has 0 radical (unpaired) electrons. The van der Waals surface area contributed by atoms with Gasteiger partial charge in [0, 0.05) is 12.8 Å². The molecule has 1 aromatic rings. The zero-order chi connectivity index (χ0) is 14.0. The molecule has 0 aliphatic rings. The molecule has 6 heteroatoms. The van der Waals surface area contributed by atoms with Crippen molar-refractivity contribution in [3.05, 3.63) is 23.8 Å². The summed E-state index contributed by atoms with van der Waals surface area (Å²) in [5.74, 6) is 0. The van der Waals surface area contributed by atoms with Crippen LogP contribution in [0.4, 0.5) is 11.4 Å². The van der Waals surface area contributed by atoms with Crippen LogP contribution < -0.4 is 11.1 Å². The lowest BCUT2D eigenvalue weighted by atomic mass is 10.1. The van der Waals surface area contributed by atoms with E-state index in [1.165, 1.54) is 6.26 Å². The Morgan fingerprint density at radius 1 is 1.44 bits per heavy atom. The molecule has 0 aliphatic heterocycles. The van der Waals surface area contributed by atoms with Crippen molar-refractivity contribution >= 4 is 21.2 Å². The van der Waals surface area contributed by atoms with Crippen molar-refractivity contribution in [2.75, 3.05) is 23.9 Å². The molecule has 18 heavy (non-hydrogen) atoms. The number of anilines is 2. The molecular weight excluding hydrogens is 250 g/mol. The number of nitrogen functional groups attached to an aromatic ring is 1. The number of hydrogen-bond donors (Lipinski definition) is 2. The number of sulfone groups is 1. The van der Waals surface area contributed by atoms with E-state index in [4.69, 9.17) is 11.0 Å². The Kier molecular flexibility index (Phi) is 3.87. The largest absolute Gasteiger partial charge is 0.397 e. The molecule has 0 amide bonds. The standard InChI is InChI=1S/C12H17N3O2S/c1-12(2,18(3,16)17)8-15-11-5-4-9(7-13)6-10(11)14/h4-6,15H,8,14H2,1-3H3. The van der Waals surface area contributed by atoms with Gasteiger partial charge in [-0.15, -0.1) is 0 Å². The van der Waals surface area contributed by atoms with E-state index in [1.807, 2.05) is 6.07 Å². The van der Waals surface area contributed by atoms with Gasteiger partial charge in [-0.25, -0.2) is 8.42 Å². The summed E-state index contributed by atoms with van der Waals surface area (Å²) in [5, 5.41) is 11.7. The molecule has 1 rings (SSSR count). The SMILES string of the molecule is CC(C)(CNc1ccc(C#N)cc1N)S(C)(=O)=O. The highest BCUT2D eigenvalue weighted by molar-refractivity contribution is 7.92. The molecule has 0 saturated heterocycles. The van der Waals surface area contributed by atoms with Gasteiger partial charge in [0.05, 0.1) is 27.8 Å². The molecule has 1 aromatic carbocycles. The zero-order valence-electron chi connectivity index (χ0n) is 10.7. The maximum absolute atomic E-state index is 11.5. The molecule has 0 fully saturated rings. The Morgan fingerprint density at radius 3 is 2.50 bits per heavy atom. The Bertz CT molecular complexity index is 586. The molecule has 0 unspecified atom stereocenters. The van der Waals surface area contributed by atoms with Crippen LogP contribution in [-0.2, 0) is 9.84 Å². The monoisotopic (exact) mass is 267 g/mol. The molecule has 0 heterocycles. The number of nitrogens with two attached hydrogens (primary N) is 1. The molecule has 3 N–H and O–H groups in total. The lowest BCUT2D eigenvalue weighted by Crippen LogP contribution is -2.38. The van der Waals surface area contributed by atoms with Crippen LogP contribution in [0.2, 0.25) is 0 Å². The van der Waals surface area contributed by atoms with Crippen LogP contribution in [0, 0.1) is 11.3 Å². The van der Waals surface area contributed by atoms with Gasteiger partial charge in [-0.2, -0.15) is 5.26 Å². The zero-order valence-corrected chi connectivity index (χ0v) is 11.5. The van der Waals surface area contributed by atoms with Crippen LogP contribution in [0.3, 0.4) is 0 Å². The highest BCUT2D eigenvalue weighted by Gasteiger charge is 2.29. The summed E-state index contributed by atoms with van der Waals surface area (Å²) in [6.07, 6.45) is 1.21. The van der Waals surface area contributed by atoms with Gasteiger partial charge in [0.1, 0.15) is 0 Å². The van der Waals surface area contributed by atoms with Crippen LogP contribution >= 0.6 is 0 Å². The van der Waals surface area contributed by atoms with Gasteiger partial charge in [-0.3, -0.25) is 0 Å². The number of nitrogens with one attached hydrogen (secondary N) is 1. The summed E-state index contributed by atoms with van der Waals surface area (Å²) in [5.41, 5.74) is 7.30. The van der Waals surface area contributed by atoms with Crippen molar-refractivity contribution in [2.24, 2.45) is 0 Å². The first kappa shape index (κ1) is 14.3. The Balaban J connectivity index is 2.86. The maximum Gasteiger partial charge on any atom is 0.154 e. The molecule has 0 aliphatic carbocycles. The van der Waals surface area contributed by atoms with Crippen molar-refractivity contribution in [1.82, 2.24) is 0 Å². The van der Waals surface area contributed by atoms with E-state index in [2.05, 4.69) is 5.32 Å². The molecule has 0 spiro atoms. The highest BCUT2D eigenvalue weighted by Crippen LogP contribution is 2.22. The Labute approximate surface area is 108 Å². The van der Waals surface area contributed by atoms with E-state index < -0.39 is 14.6 Å². The van der Waals surface area contributed by atoms with Gasteiger partial charge in [0.2, 0.25) is 0 Å². The second kappa shape index (κ2) is 4.86. The van der Waals surface area contributed by atoms with Crippen LogP contribution in [0.25, 0.3) is 0 Å². The third-order valence-electron chi connectivity index (χ3n) is 2.89. The second-order valence-corrected chi connectivity index (χ2v) is 7.45. The van der Waals surface area contributed by atoms with E-state index in [0.29, 0.717) is 16.9 Å². The molecular formula is C12H17N3O2S. The highest BCUT2D eigenvalue weighted by atomic mass is 32.2. The van der Waals surface area contributed by atoms with Crippen molar-refractivity contribution in [3.63, 3.8) is 0 Å². The minimum Gasteiger partial charge on any atom is -0.397 e. The van der Waals surface area contributed by atoms with Crippen molar-refractivity contribution in [3.8, 4) is 6.07 Å².